The molecule has 0 amide bonds. The van der Waals surface area contributed by atoms with Crippen LogP contribution in [-0.2, 0) is 0 Å². The second-order valence-electron chi connectivity index (χ2n) is 5.43. The van der Waals surface area contributed by atoms with Gasteiger partial charge in [0.05, 0.1) is 11.6 Å². The van der Waals surface area contributed by atoms with Gasteiger partial charge >= 0.3 is 0 Å². The topological polar surface area (TPSA) is 23.8 Å². The summed E-state index contributed by atoms with van der Waals surface area (Å²) in [6.45, 7) is 2.12. The minimum absolute atomic E-state index is 0.722. The van der Waals surface area contributed by atoms with E-state index in [9.17, 15) is 0 Å². The summed E-state index contributed by atoms with van der Waals surface area (Å²) in [7, 11) is 0. The molecule has 1 aliphatic carbocycles. The van der Waals surface area contributed by atoms with E-state index in [-0.39, 0.29) is 0 Å². The molecule has 0 spiro atoms. The van der Waals surface area contributed by atoms with Crippen LogP contribution in [-0.4, -0.2) is 0 Å². The first-order valence-electron chi connectivity index (χ1n) is 7.24. The van der Waals surface area contributed by atoms with Gasteiger partial charge in [-0.05, 0) is 54.2 Å². The monoisotopic (exact) mass is 271 g/mol. The summed E-state index contributed by atoms with van der Waals surface area (Å²) in [5.74, 6) is 0. The third-order valence-electron chi connectivity index (χ3n) is 3.82. The maximum Gasteiger partial charge on any atom is 0.0991 e. The Morgan fingerprint density at radius 1 is 1.00 bits per heavy atom. The summed E-state index contributed by atoms with van der Waals surface area (Å²) >= 11 is 0. The molecule has 2 aromatic rings. The molecule has 0 atom stereocenters. The van der Waals surface area contributed by atoms with Gasteiger partial charge in [0, 0.05) is 0 Å². The van der Waals surface area contributed by atoms with Gasteiger partial charge in [-0.3, -0.25) is 0 Å². The maximum absolute atomic E-state index is 9.04. The third-order valence-corrected chi connectivity index (χ3v) is 3.82. The van der Waals surface area contributed by atoms with Gasteiger partial charge in [0.15, 0.2) is 0 Å². The van der Waals surface area contributed by atoms with E-state index in [1.165, 1.54) is 22.3 Å². The fraction of sp³-hybridized carbons (Fsp3) is 0.150. The van der Waals surface area contributed by atoms with Gasteiger partial charge in [0.25, 0.3) is 0 Å². The highest BCUT2D eigenvalue weighted by Gasteiger charge is 2.10. The van der Waals surface area contributed by atoms with Gasteiger partial charge in [-0.15, -0.1) is 0 Å². The fourth-order valence-electron chi connectivity index (χ4n) is 2.74. The Bertz CT molecular complexity index is 772. The molecule has 0 bridgehead atoms. The minimum atomic E-state index is 0.722. The largest absolute Gasteiger partial charge is 0.192 e. The van der Waals surface area contributed by atoms with E-state index in [4.69, 9.17) is 5.26 Å². The molecule has 3 rings (SSSR count). The lowest BCUT2D eigenvalue weighted by Gasteiger charge is -2.15. The second kappa shape index (κ2) is 5.81. The SMILES string of the molecule is Cc1cccc(C2=CCCC(c3cccc(C#N)c3)=C2)c1. The highest BCUT2D eigenvalue weighted by Crippen LogP contribution is 2.31. The van der Waals surface area contributed by atoms with Crippen molar-refractivity contribution in [2.75, 3.05) is 0 Å². The number of nitrogens with zero attached hydrogens (tertiary/aromatic N) is 1. The van der Waals surface area contributed by atoms with Crippen LogP contribution in [0.5, 0.6) is 0 Å². The molecule has 0 saturated heterocycles. The van der Waals surface area contributed by atoms with E-state index in [0.717, 1.165) is 24.0 Å². The third kappa shape index (κ3) is 2.95. The summed E-state index contributed by atoms with van der Waals surface area (Å²) < 4.78 is 0. The van der Waals surface area contributed by atoms with Crippen molar-refractivity contribution in [3.8, 4) is 6.07 Å². The summed E-state index contributed by atoms with van der Waals surface area (Å²) in [5.41, 5.74) is 7.02. The van der Waals surface area contributed by atoms with Crippen molar-refractivity contribution in [1.29, 1.82) is 5.26 Å². The number of hydrogen-bond donors (Lipinski definition) is 0. The van der Waals surface area contributed by atoms with Crippen LogP contribution < -0.4 is 0 Å². The molecule has 0 radical (unpaired) electrons. The maximum atomic E-state index is 9.04. The van der Waals surface area contributed by atoms with Gasteiger partial charge in [0.2, 0.25) is 0 Å². The van der Waals surface area contributed by atoms with Crippen molar-refractivity contribution in [3.05, 3.63) is 82.9 Å². The van der Waals surface area contributed by atoms with Gasteiger partial charge in [-0.25, -0.2) is 0 Å². The Balaban J connectivity index is 1.98. The average molecular weight is 271 g/mol. The standard InChI is InChI=1S/C20H17N/c1-15-5-2-7-17(11-15)19-9-4-10-20(13-19)18-8-3-6-16(12-18)14-21/h2-3,5-9,11-13H,4,10H2,1H3. The number of rotatable bonds is 2. The quantitative estimate of drug-likeness (QED) is 0.743. The van der Waals surface area contributed by atoms with Crippen molar-refractivity contribution in [1.82, 2.24) is 0 Å². The summed E-state index contributed by atoms with van der Waals surface area (Å²) in [6.07, 6.45) is 6.64. The van der Waals surface area contributed by atoms with Crippen LogP contribution in [0.3, 0.4) is 0 Å². The molecular formula is C20H17N. The molecule has 0 aliphatic heterocycles. The van der Waals surface area contributed by atoms with Gasteiger partial charge in [-0.1, -0.05) is 54.1 Å². The lowest BCUT2D eigenvalue weighted by Crippen LogP contribution is -1.94. The Morgan fingerprint density at radius 2 is 1.81 bits per heavy atom. The first-order chi connectivity index (χ1) is 10.3. The molecule has 0 N–H and O–H groups in total. The normalized spacial score (nSPS) is 14.1. The van der Waals surface area contributed by atoms with Crippen LogP contribution in [0.25, 0.3) is 11.1 Å². The van der Waals surface area contributed by atoms with E-state index in [2.05, 4.69) is 55.5 Å². The summed E-state index contributed by atoms with van der Waals surface area (Å²) in [5, 5.41) is 9.04. The van der Waals surface area contributed by atoms with E-state index in [1.54, 1.807) is 0 Å². The average Bonchev–Trinajstić information content (AvgIpc) is 2.55. The van der Waals surface area contributed by atoms with E-state index in [1.807, 2.05) is 18.2 Å². The predicted molar refractivity (Wildman–Crippen MR) is 87.5 cm³/mol. The first-order valence-corrected chi connectivity index (χ1v) is 7.24. The van der Waals surface area contributed by atoms with Gasteiger partial charge in [0.1, 0.15) is 0 Å². The lowest BCUT2D eigenvalue weighted by atomic mass is 9.90. The number of aryl methyl sites for hydroxylation is 1. The minimum Gasteiger partial charge on any atom is -0.192 e. The molecule has 0 unspecified atom stereocenters. The van der Waals surface area contributed by atoms with Gasteiger partial charge in [-0.2, -0.15) is 5.26 Å². The molecule has 0 saturated carbocycles. The molecule has 0 fully saturated rings. The molecule has 2 aromatic carbocycles. The lowest BCUT2D eigenvalue weighted by molar-refractivity contribution is 1.06. The molecule has 21 heavy (non-hydrogen) atoms. The molecule has 0 aromatic heterocycles. The molecule has 0 heterocycles. The summed E-state index contributed by atoms with van der Waals surface area (Å²) in [6, 6.07) is 18.7. The van der Waals surface area contributed by atoms with Crippen LogP contribution in [0.4, 0.5) is 0 Å². The van der Waals surface area contributed by atoms with Crippen molar-refractivity contribution in [2.45, 2.75) is 19.8 Å². The molecule has 1 nitrogen and oxygen atoms in total. The van der Waals surface area contributed by atoms with E-state index < -0.39 is 0 Å². The zero-order valence-electron chi connectivity index (χ0n) is 12.1. The number of benzene rings is 2. The molecule has 1 heteroatoms. The Hall–Kier alpha value is -2.59. The number of allylic oxidation sites excluding steroid dienone is 4. The van der Waals surface area contributed by atoms with Crippen LogP contribution in [0.1, 0.15) is 35.1 Å². The van der Waals surface area contributed by atoms with Crippen molar-refractivity contribution < 1.29 is 0 Å². The van der Waals surface area contributed by atoms with E-state index >= 15 is 0 Å². The number of hydrogen-bond acceptors (Lipinski definition) is 1. The van der Waals surface area contributed by atoms with Crippen molar-refractivity contribution in [2.24, 2.45) is 0 Å². The van der Waals surface area contributed by atoms with Crippen molar-refractivity contribution in [3.63, 3.8) is 0 Å². The fourth-order valence-corrected chi connectivity index (χ4v) is 2.74. The molecular weight excluding hydrogens is 254 g/mol. The zero-order chi connectivity index (χ0) is 14.7. The number of nitriles is 1. The highest BCUT2D eigenvalue weighted by atomic mass is 14.2. The predicted octanol–water partition coefficient (Wildman–Crippen LogP) is 5.13. The zero-order valence-corrected chi connectivity index (χ0v) is 12.1. The summed E-state index contributed by atoms with van der Waals surface area (Å²) in [4.78, 5) is 0. The second-order valence-corrected chi connectivity index (χ2v) is 5.43. The van der Waals surface area contributed by atoms with Crippen LogP contribution >= 0.6 is 0 Å². The van der Waals surface area contributed by atoms with Crippen LogP contribution in [0, 0.1) is 18.3 Å². The van der Waals surface area contributed by atoms with Crippen LogP contribution in [0.15, 0.2) is 60.7 Å². The Labute approximate surface area is 125 Å². The van der Waals surface area contributed by atoms with Crippen LogP contribution in [0.2, 0.25) is 0 Å². The highest BCUT2D eigenvalue weighted by molar-refractivity contribution is 5.86. The molecule has 102 valence electrons. The Morgan fingerprint density at radius 3 is 2.62 bits per heavy atom. The first kappa shape index (κ1) is 13.4. The van der Waals surface area contributed by atoms with E-state index in [0.29, 0.717) is 0 Å². The van der Waals surface area contributed by atoms with Crippen molar-refractivity contribution >= 4 is 11.1 Å². The smallest absolute Gasteiger partial charge is 0.0991 e. The van der Waals surface area contributed by atoms with Gasteiger partial charge < -0.3 is 0 Å². The molecule has 1 aliphatic rings. The Kier molecular flexibility index (Phi) is 3.71.